The van der Waals surface area contributed by atoms with Gasteiger partial charge in [0.15, 0.2) is 0 Å². The molecule has 0 aliphatic carbocycles. The van der Waals surface area contributed by atoms with Gasteiger partial charge in [-0.3, -0.25) is 0 Å². The van der Waals surface area contributed by atoms with E-state index in [1.165, 1.54) is 0 Å². The van der Waals surface area contributed by atoms with Gasteiger partial charge < -0.3 is 19.9 Å². The van der Waals surface area contributed by atoms with E-state index in [0.29, 0.717) is 6.61 Å². The third-order valence-electron chi connectivity index (χ3n) is 3.25. The Balaban J connectivity index is 1.87. The predicted octanol–water partition coefficient (Wildman–Crippen LogP) is 0.122. The smallest absolute Gasteiger partial charge is 0.320 e. The average Bonchev–Trinajstić information content (AvgIpc) is 2.39. The molecule has 92 valence electrons. The highest BCUT2D eigenvalue weighted by Crippen LogP contribution is 2.11. The molecule has 0 radical (unpaired) electrons. The Morgan fingerprint density at radius 3 is 2.75 bits per heavy atom. The molecule has 0 spiro atoms. The third-order valence-corrected chi connectivity index (χ3v) is 3.25. The first-order chi connectivity index (χ1) is 7.81. The lowest BCUT2D eigenvalue weighted by Gasteiger charge is -2.37. The number of hydrogen-bond acceptors (Lipinski definition) is 3. The highest BCUT2D eigenvalue weighted by atomic mass is 16.5. The van der Waals surface area contributed by atoms with E-state index in [9.17, 15) is 4.79 Å². The van der Waals surface area contributed by atoms with Crippen LogP contribution in [0, 0.1) is 0 Å². The van der Waals surface area contributed by atoms with Crippen molar-refractivity contribution in [1.29, 1.82) is 0 Å². The second kappa shape index (κ2) is 5.50. The molecule has 2 amide bonds. The topological polar surface area (TPSA) is 44.8 Å². The van der Waals surface area contributed by atoms with Gasteiger partial charge in [0.05, 0.1) is 12.7 Å². The van der Waals surface area contributed by atoms with Gasteiger partial charge in [0.25, 0.3) is 0 Å². The molecule has 2 aliphatic rings. The van der Waals surface area contributed by atoms with Crippen molar-refractivity contribution >= 4 is 6.03 Å². The zero-order chi connectivity index (χ0) is 11.4. The molecule has 16 heavy (non-hydrogen) atoms. The summed E-state index contributed by atoms with van der Waals surface area (Å²) in [6.45, 7) is 7.73. The molecule has 0 aromatic heterocycles. The number of rotatable bonds is 1. The molecule has 2 fully saturated rings. The third kappa shape index (κ3) is 2.65. The van der Waals surface area contributed by atoms with Gasteiger partial charge in [0.2, 0.25) is 0 Å². The molecular formula is C11H21N3O2. The number of amides is 2. The largest absolute Gasteiger partial charge is 0.375 e. The highest BCUT2D eigenvalue weighted by Gasteiger charge is 2.27. The minimum absolute atomic E-state index is 0.184. The van der Waals surface area contributed by atoms with Crippen molar-refractivity contribution in [2.45, 2.75) is 19.4 Å². The standard InChI is InChI=1S/C11H21N3O2/c1-2-10-9-14(7-8-16-10)11(15)13-5-3-12-4-6-13/h10,12H,2-9H2,1H3. The highest BCUT2D eigenvalue weighted by molar-refractivity contribution is 5.74. The Morgan fingerprint density at radius 2 is 2.06 bits per heavy atom. The zero-order valence-corrected chi connectivity index (χ0v) is 9.95. The molecule has 0 aromatic carbocycles. The molecule has 5 nitrogen and oxygen atoms in total. The van der Waals surface area contributed by atoms with E-state index in [1.807, 2.05) is 9.80 Å². The molecule has 2 aliphatic heterocycles. The summed E-state index contributed by atoms with van der Waals surface area (Å²) in [7, 11) is 0. The first-order valence-electron chi connectivity index (χ1n) is 6.17. The van der Waals surface area contributed by atoms with Crippen LogP contribution in [0.4, 0.5) is 4.79 Å². The Morgan fingerprint density at radius 1 is 1.31 bits per heavy atom. The van der Waals surface area contributed by atoms with E-state index < -0.39 is 0 Å². The van der Waals surface area contributed by atoms with Crippen LogP contribution in [0.25, 0.3) is 0 Å². The Labute approximate surface area is 96.7 Å². The SMILES string of the molecule is CCC1CN(C(=O)N2CCNCC2)CCO1. The molecule has 0 bridgehead atoms. The van der Waals surface area contributed by atoms with Gasteiger partial charge in [-0.15, -0.1) is 0 Å². The molecular weight excluding hydrogens is 206 g/mol. The lowest BCUT2D eigenvalue weighted by atomic mass is 10.2. The van der Waals surface area contributed by atoms with Crippen LogP contribution in [0.1, 0.15) is 13.3 Å². The van der Waals surface area contributed by atoms with Crippen LogP contribution < -0.4 is 5.32 Å². The number of carbonyl (C=O) groups is 1. The van der Waals surface area contributed by atoms with Gasteiger partial charge in [-0.05, 0) is 6.42 Å². The summed E-state index contributed by atoms with van der Waals surface area (Å²) in [5, 5.41) is 3.26. The zero-order valence-electron chi connectivity index (χ0n) is 9.95. The summed E-state index contributed by atoms with van der Waals surface area (Å²) in [6, 6.07) is 0.184. The fraction of sp³-hybridized carbons (Fsp3) is 0.909. The van der Waals surface area contributed by atoms with Crippen LogP contribution in [-0.2, 0) is 4.74 Å². The number of ether oxygens (including phenoxy) is 1. The maximum atomic E-state index is 12.2. The first kappa shape index (κ1) is 11.7. The van der Waals surface area contributed by atoms with E-state index in [2.05, 4.69) is 12.2 Å². The van der Waals surface area contributed by atoms with Crippen LogP contribution in [0.5, 0.6) is 0 Å². The van der Waals surface area contributed by atoms with Crippen LogP contribution >= 0.6 is 0 Å². The van der Waals surface area contributed by atoms with Crippen molar-refractivity contribution < 1.29 is 9.53 Å². The monoisotopic (exact) mass is 227 g/mol. The maximum absolute atomic E-state index is 12.2. The van der Waals surface area contributed by atoms with Gasteiger partial charge >= 0.3 is 6.03 Å². The van der Waals surface area contributed by atoms with Gasteiger partial charge in [0.1, 0.15) is 0 Å². The van der Waals surface area contributed by atoms with E-state index in [1.54, 1.807) is 0 Å². The quantitative estimate of drug-likeness (QED) is 0.692. The van der Waals surface area contributed by atoms with Gasteiger partial charge in [-0.2, -0.15) is 0 Å². The molecule has 2 heterocycles. The second-order valence-corrected chi connectivity index (χ2v) is 4.37. The number of hydrogen-bond donors (Lipinski definition) is 1. The van der Waals surface area contributed by atoms with Crippen molar-refractivity contribution in [2.24, 2.45) is 0 Å². The summed E-state index contributed by atoms with van der Waals surface area (Å²) in [5.74, 6) is 0. The molecule has 1 atom stereocenters. The molecule has 0 saturated carbocycles. The summed E-state index contributed by atoms with van der Waals surface area (Å²) >= 11 is 0. The number of nitrogens with one attached hydrogen (secondary N) is 1. The Hall–Kier alpha value is -0.810. The molecule has 5 heteroatoms. The van der Waals surface area contributed by atoms with E-state index in [0.717, 1.165) is 45.7 Å². The van der Waals surface area contributed by atoms with Crippen LogP contribution in [0.3, 0.4) is 0 Å². The number of nitrogens with zero attached hydrogens (tertiary/aromatic N) is 2. The lowest BCUT2D eigenvalue weighted by Crippen LogP contribution is -2.55. The Kier molecular flexibility index (Phi) is 4.01. The average molecular weight is 227 g/mol. The molecule has 2 rings (SSSR count). The van der Waals surface area contributed by atoms with Gasteiger partial charge in [-0.25, -0.2) is 4.79 Å². The predicted molar refractivity (Wildman–Crippen MR) is 61.4 cm³/mol. The summed E-state index contributed by atoms with van der Waals surface area (Å²) < 4.78 is 5.57. The van der Waals surface area contributed by atoms with Crippen LogP contribution in [0.2, 0.25) is 0 Å². The fourth-order valence-corrected chi connectivity index (χ4v) is 2.20. The fourth-order valence-electron chi connectivity index (χ4n) is 2.20. The molecule has 1 unspecified atom stereocenters. The van der Waals surface area contributed by atoms with Gasteiger partial charge in [-0.1, -0.05) is 6.92 Å². The second-order valence-electron chi connectivity index (χ2n) is 4.37. The minimum atomic E-state index is 0.184. The van der Waals surface area contributed by atoms with Crippen molar-refractivity contribution in [3.05, 3.63) is 0 Å². The normalized spacial score (nSPS) is 26.9. The summed E-state index contributed by atoms with van der Waals surface area (Å²) in [4.78, 5) is 16.1. The molecule has 1 N–H and O–H groups in total. The van der Waals surface area contributed by atoms with Crippen molar-refractivity contribution in [1.82, 2.24) is 15.1 Å². The van der Waals surface area contributed by atoms with Gasteiger partial charge in [0, 0.05) is 39.3 Å². The number of urea groups is 1. The van der Waals surface area contributed by atoms with Crippen LogP contribution in [-0.4, -0.2) is 67.8 Å². The number of morpholine rings is 1. The van der Waals surface area contributed by atoms with E-state index in [-0.39, 0.29) is 12.1 Å². The molecule has 2 saturated heterocycles. The first-order valence-corrected chi connectivity index (χ1v) is 6.17. The Bertz CT molecular complexity index is 241. The van der Waals surface area contributed by atoms with Crippen molar-refractivity contribution in [2.75, 3.05) is 45.9 Å². The number of piperazine rings is 1. The summed E-state index contributed by atoms with van der Waals surface area (Å²) in [6.07, 6.45) is 1.20. The minimum Gasteiger partial charge on any atom is -0.375 e. The molecule has 0 aromatic rings. The lowest BCUT2D eigenvalue weighted by molar-refractivity contribution is -0.0207. The van der Waals surface area contributed by atoms with Crippen LogP contribution in [0.15, 0.2) is 0 Å². The van der Waals surface area contributed by atoms with E-state index >= 15 is 0 Å². The summed E-state index contributed by atoms with van der Waals surface area (Å²) in [5.41, 5.74) is 0. The number of carbonyl (C=O) groups excluding carboxylic acids is 1. The van der Waals surface area contributed by atoms with Crippen molar-refractivity contribution in [3.63, 3.8) is 0 Å². The van der Waals surface area contributed by atoms with E-state index in [4.69, 9.17) is 4.74 Å². The van der Waals surface area contributed by atoms with Crippen molar-refractivity contribution in [3.8, 4) is 0 Å². The maximum Gasteiger partial charge on any atom is 0.320 e.